The van der Waals surface area contributed by atoms with Crippen molar-refractivity contribution in [3.05, 3.63) is 40.6 Å². The first kappa shape index (κ1) is 11.2. The van der Waals surface area contributed by atoms with E-state index >= 15 is 0 Å². The maximum Gasteiger partial charge on any atom is 0.132 e. The molecule has 14 heavy (non-hydrogen) atoms. The van der Waals surface area contributed by atoms with Gasteiger partial charge in [-0.05, 0) is 34.5 Å². The topological polar surface area (TPSA) is 17.3 Å². The highest BCUT2D eigenvalue weighted by Gasteiger charge is 1.87. The number of allylic oxidation sites excluding steroid dienone is 1. The average molecular weight is 255 g/mol. The van der Waals surface area contributed by atoms with Crippen LogP contribution in [0.5, 0.6) is 0 Å². The number of rotatable bonds is 3. The molecule has 0 fully saturated rings. The van der Waals surface area contributed by atoms with Gasteiger partial charge in [0.1, 0.15) is 5.49 Å². The highest BCUT2D eigenvalue weighted by Crippen LogP contribution is 2.03. The summed E-state index contributed by atoms with van der Waals surface area (Å²) in [5.41, 5.74) is 0.959. The Bertz CT molecular complexity index is 377. The smallest absolute Gasteiger partial charge is 0.132 e. The Hall–Kier alpha value is -0.830. The monoisotopic (exact) mass is 254 g/mol. The van der Waals surface area contributed by atoms with Crippen molar-refractivity contribution in [1.82, 2.24) is 4.57 Å². The molecular weight excluding hydrogens is 240 g/mol. The van der Waals surface area contributed by atoms with Gasteiger partial charge in [-0.25, -0.2) is 4.99 Å². The molecule has 76 valence electrons. The lowest BCUT2D eigenvalue weighted by atomic mass is 10.3. The van der Waals surface area contributed by atoms with Crippen LogP contribution < -0.4 is 5.49 Å². The molecule has 1 aromatic heterocycles. The molecule has 0 radical (unpaired) electrons. The molecule has 1 rings (SSSR count). The molecule has 0 aliphatic rings. The van der Waals surface area contributed by atoms with Crippen LogP contribution >= 0.6 is 15.9 Å². The summed E-state index contributed by atoms with van der Waals surface area (Å²) in [7, 11) is 1.98. The number of aromatic nitrogens is 1. The second-order valence-electron chi connectivity index (χ2n) is 3.12. The largest absolute Gasteiger partial charge is 0.335 e. The van der Waals surface area contributed by atoms with Gasteiger partial charge in [-0.15, -0.1) is 0 Å². The van der Waals surface area contributed by atoms with E-state index in [9.17, 15) is 0 Å². The zero-order valence-corrected chi connectivity index (χ0v) is 10.2. The van der Waals surface area contributed by atoms with Crippen molar-refractivity contribution in [2.24, 2.45) is 12.0 Å². The summed E-state index contributed by atoms with van der Waals surface area (Å²) in [6.45, 7) is 2.16. The van der Waals surface area contributed by atoms with Gasteiger partial charge in [0, 0.05) is 23.9 Å². The Morgan fingerprint density at radius 2 is 2.29 bits per heavy atom. The molecule has 0 saturated carbocycles. The first-order chi connectivity index (χ1) is 6.74. The lowest BCUT2D eigenvalue weighted by Crippen LogP contribution is -2.15. The Morgan fingerprint density at radius 1 is 1.50 bits per heavy atom. The fraction of sp³-hybridized carbons (Fsp3) is 0.364. The summed E-state index contributed by atoms with van der Waals surface area (Å²) < 4.78 is 3.05. The molecule has 0 aliphatic carbocycles. The third-order valence-corrected chi connectivity index (χ3v) is 2.31. The van der Waals surface area contributed by atoms with Gasteiger partial charge in [-0.1, -0.05) is 19.4 Å². The second kappa shape index (κ2) is 5.81. The van der Waals surface area contributed by atoms with E-state index in [-0.39, 0.29) is 0 Å². The van der Waals surface area contributed by atoms with Crippen molar-refractivity contribution in [1.29, 1.82) is 0 Å². The van der Waals surface area contributed by atoms with Crippen molar-refractivity contribution in [2.45, 2.75) is 19.8 Å². The molecule has 0 amide bonds. The van der Waals surface area contributed by atoms with Gasteiger partial charge in [0.15, 0.2) is 0 Å². The minimum Gasteiger partial charge on any atom is -0.335 e. The standard InChI is InChI=1S/C11H15BrN2/c1-3-4-5-8-13-11-7-6-10(12)9-14(11)2/h5-9H,3-4H2,1-2H3/b8-5+,13-11?. The molecule has 3 heteroatoms. The highest BCUT2D eigenvalue weighted by atomic mass is 79.9. The van der Waals surface area contributed by atoms with E-state index in [0.29, 0.717) is 0 Å². The van der Waals surface area contributed by atoms with E-state index in [1.54, 1.807) is 0 Å². The molecule has 0 saturated heterocycles. The number of hydrogen-bond acceptors (Lipinski definition) is 1. The fourth-order valence-corrected chi connectivity index (χ4v) is 1.51. The summed E-state index contributed by atoms with van der Waals surface area (Å²) in [5.74, 6) is 0. The molecule has 0 spiro atoms. The quantitative estimate of drug-likeness (QED) is 0.790. The molecule has 0 aromatic carbocycles. The predicted molar refractivity (Wildman–Crippen MR) is 62.7 cm³/mol. The lowest BCUT2D eigenvalue weighted by Gasteiger charge is -1.98. The third-order valence-electron chi connectivity index (χ3n) is 1.84. The highest BCUT2D eigenvalue weighted by molar-refractivity contribution is 9.10. The predicted octanol–water partition coefficient (Wildman–Crippen LogP) is 3.00. The van der Waals surface area contributed by atoms with Gasteiger partial charge < -0.3 is 4.57 Å². The van der Waals surface area contributed by atoms with E-state index in [1.165, 1.54) is 6.42 Å². The Labute approximate surface area is 93.1 Å². The fourth-order valence-electron chi connectivity index (χ4n) is 1.07. The number of unbranched alkanes of at least 4 members (excludes halogenated alkanes) is 1. The number of pyridine rings is 1. The molecule has 0 aliphatic heterocycles. The van der Waals surface area contributed by atoms with Crippen LogP contribution in [0.25, 0.3) is 0 Å². The maximum absolute atomic E-state index is 4.35. The van der Waals surface area contributed by atoms with Gasteiger partial charge in [0.2, 0.25) is 0 Å². The van der Waals surface area contributed by atoms with Crippen molar-refractivity contribution in [2.75, 3.05) is 0 Å². The molecule has 1 aromatic rings. The average Bonchev–Trinajstić information content (AvgIpc) is 2.15. The van der Waals surface area contributed by atoms with Gasteiger partial charge >= 0.3 is 0 Å². The van der Waals surface area contributed by atoms with Gasteiger partial charge in [0.05, 0.1) is 0 Å². The number of halogens is 1. The van der Waals surface area contributed by atoms with Crippen LogP contribution in [0.2, 0.25) is 0 Å². The van der Waals surface area contributed by atoms with Gasteiger partial charge in [-0.3, -0.25) is 0 Å². The van der Waals surface area contributed by atoms with Crippen LogP contribution in [0, 0.1) is 0 Å². The molecular formula is C11H15BrN2. The third kappa shape index (κ3) is 3.50. The molecule has 0 bridgehead atoms. The molecule has 1 heterocycles. The SMILES string of the molecule is CCC/C=C/N=c1ccc(Br)cn1C. The van der Waals surface area contributed by atoms with Crippen molar-refractivity contribution in [3.8, 4) is 0 Å². The molecule has 0 unspecified atom stereocenters. The number of hydrogen-bond donors (Lipinski definition) is 0. The van der Waals surface area contributed by atoms with Crippen LogP contribution in [0.3, 0.4) is 0 Å². The summed E-state index contributed by atoms with van der Waals surface area (Å²) in [5, 5.41) is 0. The Balaban J connectivity index is 2.85. The van der Waals surface area contributed by atoms with Crippen LogP contribution in [0.1, 0.15) is 19.8 Å². The van der Waals surface area contributed by atoms with Crippen molar-refractivity contribution >= 4 is 15.9 Å². The van der Waals surface area contributed by atoms with E-state index in [2.05, 4.69) is 33.9 Å². The van der Waals surface area contributed by atoms with E-state index in [1.807, 2.05) is 36.1 Å². The summed E-state index contributed by atoms with van der Waals surface area (Å²) >= 11 is 3.41. The second-order valence-corrected chi connectivity index (χ2v) is 4.03. The lowest BCUT2D eigenvalue weighted by molar-refractivity contribution is 0.828. The Morgan fingerprint density at radius 3 is 2.93 bits per heavy atom. The number of aryl methyl sites for hydroxylation is 1. The molecule has 0 atom stereocenters. The number of nitrogens with zero attached hydrogens (tertiary/aromatic N) is 2. The maximum atomic E-state index is 4.35. The summed E-state index contributed by atoms with van der Waals surface area (Å²) in [4.78, 5) is 4.35. The summed E-state index contributed by atoms with van der Waals surface area (Å²) in [6, 6.07) is 3.98. The van der Waals surface area contributed by atoms with Crippen LogP contribution in [0.15, 0.2) is 40.1 Å². The van der Waals surface area contributed by atoms with Crippen molar-refractivity contribution in [3.63, 3.8) is 0 Å². The molecule has 2 nitrogen and oxygen atoms in total. The normalized spacial score (nSPS) is 12.6. The minimum atomic E-state index is 0.959. The zero-order chi connectivity index (χ0) is 10.4. The first-order valence-electron chi connectivity index (χ1n) is 4.75. The zero-order valence-electron chi connectivity index (χ0n) is 8.57. The van der Waals surface area contributed by atoms with Crippen LogP contribution in [-0.4, -0.2) is 4.57 Å². The van der Waals surface area contributed by atoms with Crippen LogP contribution in [0.4, 0.5) is 0 Å². The van der Waals surface area contributed by atoms with E-state index < -0.39 is 0 Å². The van der Waals surface area contributed by atoms with E-state index in [4.69, 9.17) is 0 Å². The van der Waals surface area contributed by atoms with Crippen LogP contribution in [-0.2, 0) is 7.05 Å². The van der Waals surface area contributed by atoms with Crippen molar-refractivity contribution < 1.29 is 0 Å². The first-order valence-corrected chi connectivity index (χ1v) is 5.54. The van der Waals surface area contributed by atoms with E-state index in [0.717, 1.165) is 16.4 Å². The van der Waals surface area contributed by atoms with Gasteiger partial charge in [-0.2, -0.15) is 0 Å². The molecule has 0 N–H and O–H groups in total. The Kier molecular flexibility index (Phi) is 4.66. The minimum absolute atomic E-state index is 0.959. The van der Waals surface area contributed by atoms with Gasteiger partial charge in [0.25, 0.3) is 0 Å². The summed E-state index contributed by atoms with van der Waals surface area (Å²) in [6.07, 6.45) is 8.20.